The molecular formula is C27H37F2N5O3. The first-order valence-corrected chi connectivity index (χ1v) is 12.0. The summed E-state index contributed by atoms with van der Waals surface area (Å²) in [6.07, 6.45) is 6.18. The van der Waals surface area contributed by atoms with Crippen LogP contribution in [0.1, 0.15) is 54.6 Å². The maximum atomic E-state index is 14.0. The number of nitrogens with zero attached hydrogens (tertiary/aromatic N) is 2. The fourth-order valence-electron chi connectivity index (χ4n) is 2.95. The van der Waals surface area contributed by atoms with Gasteiger partial charge in [-0.1, -0.05) is 38.1 Å². The van der Waals surface area contributed by atoms with Crippen LogP contribution in [0.4, 0.5) is 8.78 Å². The first kappa shape index (κ1) is 33.3. The third-order valence-corrected chi connectivity index (χ3v) is 4.83. The van der Waals surface area contributed by atoms with Crippen molar-refractivity contribution < 1.29 is 23.1 Å². The normalized spacial score (nSPS) is 11.3. The van der Waals surface area contributed by atoms with Gasteiger partial charge < -0.3 is 25.9 Å². The van der Waals surface area contributed by atoms with Crippen LogP contribution < -0.4 is 21.1 Å². The largest absolute Gasteiger partial charge is 0.494 e. The minimum Gasteiger partial charge on any atom is -0.494 e. The number of nitrogens with two attached hydrogens (primary N) is 1. The van der Waals surface area contributed by atoms with Crippen LogP contribution in [-0.2, 0) is 4.79 Å². The van der Waals surface area contributed by atoms with Crippen molar-refractivity contribution in [1.29, 1.82) is 5.26 Å². The third kappa shape index (κ3) is 13.3. The summed E-state index contributed by atoms with van der Waals surface area (Å²) in [5.74, 6) is -2.80. The van der Waals surface area contributed by atoms with Gasteiger partial charge in [-0.3, -0.25) is 9.78 Å². The van der Waals surface area contributed by atoms with Gasteiger partial charge in [0.25, 0.3) is 11.8 Å². The molecule has 1 unspecified atom stereocenters. The Morgan fingerprint density at radius 1 is 1.24 bits per heavy atom. The third-order valence-electron chi connectivity index (χ3n) is 4.83. The molecule has 8 nitrogen and oxygen atoms in total. The van der Waals surface area contributed by atoms with E-state index in [0.717, 1.165) is 17.7 Å². The number of pyridine rings is 1. The number of aromatic nitrogens is 1. The van der Waals surface area contributed by atoms with Gasteiger partial charge >= 0.3 is 0 Å². The molecular weight excluding hydrogens is 480 g/mol. The van der Waals surface area contributed by atoms with Crippen molar-refractivity contribution >= 4 is 24.8 Å². The van der Waals surface area contributed by atoms with E-state index in [1.807, 2.05) is 51.0 Å². The molecule has 1 amide bonds. The first-order valence-electron chi connectivity index (χ1n) is 12.0. The predicted octanol–water partition coefficient (Wildman–Crippen LogP) is 4.08. The molecule has 37 heavy (non-hydrogen) atoms. The van der Waals surface area contributed by atoms with Gasteiger partial charge in [-0.25, -0.2) is 8.78 Å². The van der Waals surface area contributed by atoms with E-state index in [9.17, 15) is 13.6 Å². The van der Waals surface area contributed by atoms with Gasteiger partial charge in [0.05, 0.1) is 12.7 Å². The fraction of sp³-hybridized carbons (Fsp3) is 0.407. The van der Waals surface area contributed by atoms with E-state index >= 15 is 0 Å². The molecule has 1 atom stereocenters. The van der Waals surface area contributed by atoms with Crippen LogP contribution >= 0.6 is 0 Å². The average Bonchev–Trinajstić information content (AvgIpc) is 2.93. The Bertz CT molecular complexity index is 979. The lowest BCUT2D eigenvalue weighted by Crippen LogP contribution is -2.35. The number of hydrogen-bond acceptors (Lipinski definition) is 7. The number of ether oxygens (including phenoxy) is 1. The van der Waals surface area contributed by atoms with Crippen LogP contribution in [-0.4, -0.2) is 56.4 Å². The molecule has 1 aromatic carbocycles. The zero-order chi connectivity index (χ0) is 28.1. The summed E-state index contributed by atoms with van der Waals surface area (Å²) in [4.78, 5) is 24.6. The maximum absolute atomic E-state index is 14.0. The highest BCUT2D eigenvalue weighted by molar-refractivity contribution is 5.98. The Labute approximate surface area is 217 Å². The van der Waals surface area contributed by atoms with E-state index in [-0.39, 0.29) is 6.54 Å². The molecule has 0 aliphatic carbocycles. The topological polar surface area (TPSA) is 130 Å². The summed E-state index contributed by atoms with van der Waals surface area (Å²) in [6, 6.07) is 9.82. The number of carbonyl (C=O) groups excluding carboxylic acids is 2. The van der Waals surface area contributed by atoms with Crippen molar-refractivity contribution in [3.8, 4) is 11.8 Å². The minimum atomic E-state index is -3.07. The van der Waals surface area contributed by atoms with Crippen molar-refractivity contribution in [3.05, 3.63) is 59.4 Å². The lowest BCUT2D eigenvalue weighted by atomic mass is 10.1. The van der Waals surface area contributed by atoms with E-state index in [1.165, 1.54) is 25.5 Å². The Hall–Kier alpha value is -3.68. The van der Waals surface area contributed by atoms with Gasteiger partial charge in [0.1, 0.15) is 18.6 Å². The van der Waals surface area contributed by atoms with Gasteiger partial charge in [0.2, 0.25) is 0 Å². The van der Waals surface area contributed by atoms with Crippen LogP contribution in [0.3, 0.4) is 0 Å². The number of alkyl halides is 2. The highest BCUT2D eigenvalue weighted by atomic mass is 19.3. The van der Waals surface area contributed by atoms with Crippen LogP contribution in [0.2, 0.25) is 0 Å². The number of carbonyl (C=O) groups is 2. The average molecular weight is 518 g/mol. The maximum Gasteiger partial charge on any atom is 0.252 e. The van der Waals surface area contributed by atoms with Crippen LogP contribution in [0, 0.1) is 11.3 Å². The molecule has 0 aliphatic heterocycles. The second-order valence-corrected chi connectivity index (χ2v) is 7.39. The molecule has 2 rings (SSSR count). The van der Waals surface area contributed by atoms with E-state index in [4.69, 9.17) is 20.5 Å². The molecule has 0 fully saturated rings. The summed E-state index contributed by atoms with van der Waals surface area (Å²) in [5, 5.41) is 13.9. The second-order valence-electron chi connectivity index (χ2n) is 7.39. The van der Waals surface area contributed by atoms with Crippen molar-refractivity contribution in [1.82, 2.24) is 15.6 Å². The number of benzene rings is 1. The molecule has 1 heterocycles. The van der Waals surface area contributed by atoms with E-state index in [2.05, 4.69) is 15.6 Å². The lowest BCUT2D eigenvalue weighted by molar-refractivity contribution is -0.0980. The standard InChI is InChI=1S/C24H29F2N5O2.C2H6.CH2O/c1-29-20(16-28)15-24(25,26)10-13-31-23(32)22-9-12-30-17-19(22)6-3-18-4-7-21(8-5-18)33-14-2-11-27;2*1-2/h3-9,12,17,20,29H,2,10-11,13-15,27H2,1H3,(H,31,32);1-2H3;1H2/b6-3+;;. The van der Waals surface area contributed by atoms with E-state index in [1.54, 1.807) is 12.1 Å². The Morgan fingerprint density at radius 2 is 1.92 bits per heavy atom. The summed E-state index contributed by atoms with van der Waals surface area (Å²) in [5.41, 5.74) is 7.24. The van der Waals surface area contributed by atoms with Gasteiger partial charge in [-0.15, -0.1) is 0 Å². The molecule has 0 saturated heterocycles. The monoisotopic (exact) mass is 517 g/mol. The number of amides is 1. The molecule has 0 radical (unpaired) electrons. The molecule has 0 bridgehead atoms. The summed E-state index contributed by atoms with van der Waals surface area (Å²) >= 11 is 0. The highest BCUT2D eigenvalue weighted by Gasteiger charge is 2.32. The molecule has 10 heteroatoms. The van der Waals surface area contributed by atoms with E-state index in [0.29, 0.717) is 24.3 Å². The zero-order valence-electron chi connectivity index (χ0n) is 21.7. The molecule has 4 N–H and O–H groups in total. The Balaban J connectivity index is 0.00000308. The minimum absolute atomic E-state index is 0.217. The Kier molecular flexibility index (Phi) is 17.6. The molecule has 202 valence electrons. The molecule has 0 saturated carbocycles. The fourth-order valence-corrected chi connectivity index (χ4v) is 2.95. The van der Waals surface area contributed by atoms with Gasteiger partial charge in [-0.2, -0.15) is 5.26 Å². The quantitative estimate of drug-likeness (QED) is 0.341. The van der Waals surface area contributed by atoms with Crippen LogP contribution in [0.25, 0.3) is 12.2 Å². The van der Waals surface area contributed by atoms with Crippen molar-refractivity contribution in [3.63, 3.8) is 0 Å². The second kappa shape index (κ2) is 19.5. The number of nitrogens with one attached hydrogen (secondary N) is 2. The number of rotatable bonds is 13. The van der Waals surface area contributed by atoms with Gasteiger partial charge in [0, 0.05) is 42.9 Å². The number of hydrogen-bond donors (Lipinski definition) is 3. The summed E-state index contributed by atoms with van der Waals surface area (Å²) in [7, 11) is 1.45. The SMILES string of the molecule is C=O.CC.CNC(C#N)CC(F)(F)CCNC(=O)c1ccncc1/C=C/c1ccc(OCCCN)cc1. The number of nitriles is 1. The lowest BCUT2D eigenvalue weighted by Gasteiger charge is -2.19. The van der Waals surface area contributed by atoms with Gasteiger partial charge in [0.15, 0.2) is 0 Å². The summed E-state index contributed by atoms with van der Waals surface area (Å²) in [6.45, 7) is 6.91. The van der Waals surface area contributed by atoms with Crippen LogP contribution in [0.5, 0.6) is 5.75 Å². The molecule has 1 aromatic heterocycles. The molecule has 2 aromatic rings. The molecule has 0 spiro atoms. The zero-order valence-corrected chi connectivity index (χ0v) is 21.7. The molecule has 0 aliphatic rings. The van der Waals surface area contributed by atoms with Crippen molar-refractivity contribution in [2.24, 2.45) is 5.73 Å². The first-order chi connectivity index (χ1) is 17.9. The smallest absolute Gasteiger partial charge is 0.252 e. The highest BCUT2D eigenvalue weighted by Crippen LogP contribution is 2.24. The van der Waals surface area contributed by atoms with E-state index < -0.39 is 30.7 Å². The van der Waals surface area contributed by atoms with Crippen molar-refractivity contribution in [2.75, 3.05) is 26.7 Å². The Morgan fingerprint density at radius 3 is 2.51 bits per heavy atom. The number of halogens is 2. The summed E-state index contributed by atoms with van der Waals surface area (Å²) < 4.78 is 33.6. The predicted molar refractivity (Wildman–Crippen MR) is 142 cm³/mol. The van der Waals surface area contributed by atoms with Crippen LogP contribution in [0.15, 0.2) is 42.7 Å². The van der Waals surface area contributed by atoms with Gasteiger partial charge in [-0.05, 0) is 43.8 Å². The van der Waals surface area contributed by atoms with Crippen molar-refractivity contribution in [2.45, 2.75) is 45.1 Å².